The first-order chi connectivity index (χ1) is 13.0. The quantitative estimate of drug-likeness (QED) is 0.613. The molecule has 0 N–H and O–H groups in total. The Bertz CT molecular complexity index is 998. The molecule has 2 aliphatic heterocycles. The van der Waals surface area contributed by atoms with E-state index in [1.807, 2.05) is 49.2 Å². The summed E-state index contributed by atoms with van der Waals surface area (Å²) in [5, 5.41) is 16.9. The number of nitro benzene ring substituents is 1. The number of hydrogen-bond acceptors (Lipinski definition) is 7. The van der Waals surface area contributed by atoms with Crippen molar-refractivity contribution in [2.24, 2.45) is 5.16 Å². The molecule has 0 radical (unpaired) electrons. The summed E-state index contributed by atoms with van der Waals surface area (Å²) in [6.45, 7) is 3.97. The van der Waals surface area contributed by atoms with Crippen molar-refractivity contribution in [3.63, 3.8) is 0 Å². The molecule has 27 heavy (non-hydrogen) atoms. The van der Waals surface area contributed by atoms with E-state index in [-0.39, 0.29) is 11.9 Å². The molecule has 1 aromatic carbocycles. The number of anilines is 1. The molecule has 2 aliphatic rings. The lowest BCUT2D eigenvalue weighted by molar-refractivity contribution is -0.384. The second-order valence-electron chi connectivity index (χ2n) is 6.37. The van der Waals surface area contributed by atoms with Crippen LogP contribution in [0.25, 0.3) is 0 Å². The van der Waals surface area contributed by atoms with Crippen molar-refractivity contribution in [2.75, 3.05) is 5.06 Å². The van der Waals surface area contributed by atoms with Gasteiger partial charge in [0.1, 0.15) is 0 Å². The van der Waals surface area contributed by atoms with Crippen molar-refractivity contribution in [3.05, 3.63) is 87.8 Å². The van der Waals surface area contributed by atoms with Crippen LogP contribution in [0.3, 0.4) is 0 Å². The summed E-state index contributed by atoms with van der Waals surface area (Å²) < 4.78 is 0. The highest BCUT2D eigenvalue weighted by Crippen LogP contribution is 2.29. The van der Waals surface area contributed by atoms with Crippen LogP contribution in [-0.4, -0.2) is 26.8 Å². The van der Waals surface area contributed by atoms with Gasteiger partial charge in [-0.15, -0.1) is 5.06 Å². The molecule has 0 saturated carbocycles. The number of nitrogens with zero attached hydrogens (tertiary/aromatic N) is 5. The number of hydrogen-bond donors (Lipinski definition) is 0. The van der Waals surface area contributed by atoms with Crippen molar-refractivity contribution in [3.8, 4) is 0 Å². The molecular formula is C19H17N5O3. The maximum Gasteiger partial charge on any atom is 0.270 e. The second-order valence-corrected chi connectivity index (χ2v) is 6.37. The van der Waals surface area contributed by atoms with E-state index in [0.717, 1.165) is 11.1 Å². The molecule has 3 heterocycles. The van der Waals surface area contributed by atoms with Gasteiger partial charge in [-0.1, -0.05) is 12.1 Å². The minimum Gasteiger partial charge on any atom is -0.302 e. The van der Waals surface area contributed by atoms with Crippen LogP contribution in [0.5, 0.6) is 0 Å². The maximum atomic E-state index is 11.1. The fourth-order valence-electron chi connectivity index (χ4n) is 2.99. The highest BCUT2D eigenvalue weighted by atomic mass is 16.8. The van der Waals surface area contributed by atoms with Gasteiger partial charge in [-0.3, -0.25) is 15.1 Å². The lowest BCUT2D eigenvalue weighted by Crippen LogP contribution is -2.52. The van der Waals surface area contributed by atoms with Crippen molar-refractivity contribution < 1.29 is 9.86 Å². The van der Waals surface area contributed by atoms with Gasteiger partial charge in [0.15, 0.2) is 17.8 Å². The minimum atomic E-state index is -0.426. The molecule has 1 unspecified atom stereocenters. The largest absolute Gasteiger partial charge is 0.302 e. The van der Waals surface area contributed by atoms with Gasteiger partial charge in [0.25, 0.3) is 5.69 Å². The van der Waals surface area contributed by atoms with Gasteiger partial charge in [0.2, 0.25) is 0 Å². The minimum absolute atomic E-state index is 0.00208. The zero-order chi connectivity index (χ0) is 19.0. The zero-order valence-electron chi connectivity index (χ0n) is 14.8. The molecule has 1 atom stereocenters. The van der Waals surface area contributed by atoms with Gasteiger partial charge in [-0.25, -0.2) is 4.98 Å². The molecule has 8 heteroatoms. The number of amidine groups is 1. The number of benzene rings is 1. The smallest absolute Gasteiger partial charge is 0.270 e. The van der Waals surface area contributed by atoms with Gasteiger partial charge in [-0.2, -0.15) is 0 Å². The molecule has 0 bridgehead atoms. The van der Waals surface area contributed by atoms with Gasteiger partial charge < -0.3 is 4.90 Å². The van der Waals surface area contributed by atoms with Gasteiger partial charge in [-0.05, 0) is 54.4 Å². The Balaban J connectivity index is 1.77. The average Bonchev–Trinajstić information content (AvgIpc) is 2.67. The number of rotatable bonds is 3. The van der Waals surface area contributed by atoms with E-state index < -0.39 is 4.92 Å². The SMILES string of the molecule is CC1=CC2N(C=C1)C(c1cccc([N+](=O)[O-])c1)=NON2c1cc(C)ccn1. The number of nitro groups is 1. The summed E-state index contributed by atoms with van der Waals surface area (Å²) in [6.07, 6.45) is 7.28. The third kappa shape index (κ3) is 3.12. The zero-order valence-corrected chi connectivity index (χ0v) is 14.8. The molecular weight excluding hydrogens is 346 g/mol. The first-order valence-electron chi connectivity index (χ1n) is 8.40. The number of aryl methyl sites for hydroxylation is 1. The van der Waals surface area contributed by atoms with E-state index in [9.17, 15) is 10.1 Å². The lowest BCUT2D eigenvalue weighted by Gasteiger charge is -2.40. The Kier molecular flexibility index (Phi) is 4.08. The van der Waals surface area contributed by atoms with E-state index >= 15 is 0 Å². The van der Waals surface area contributed by atoms with Crippen LogP contribution in [-0.2, 0) is 4.94 Å². The van der Waals surface area contributed by atoms with Crippen molar-refractivity contribution in [1.29, 1.82) is 0 Å². The van der Waals surface area contributed by atoms with Gasteiger partial charge in [0, 0.05) is 30.1 Å². The number of fused-ring (bicyclic) bond motifs is 1. The van der Waals surface area contributed by atoms with Crippen molar-refractivity contribution in [2.45, 2.75) is 20.0 Å². The second kappa shape index (κ2) is 6.56. The third-order valence-electron chi connectivity index (χ3n) is 4.34. The summed E-state index contributed by atoms with van der Waals surface area (Å²) in [7, 11) is 0. The first kappa shape index (κ1) is 16.8. The summed E-state index contributed by atoms with van der Waals surface area (Å²) >= 11 is 0. The maximum absolute atomic E-state index is 11.1. The van der Waals surface area contributed by atoms with Gasteiger partial charge in [0.05, 0.1) is 4.92 Å². The van der Waals surface area contributed by atoms with Crippen molar-refractivity contribution >= 4 is 17.3 Å². The highest BCUT2D eigenvalue weighted by Gasteiger charge is 2.35. The summed E-state index contributed by atoms with van der Waals surface area (Å²) in [6, 6.07) is 10.2. The Morgan fingerprint density at radius 3 is 2.85 bits per heavy atom. The number of allylic oxidation sites excluding steroid dienone is 2. The summed E-state index contributed by atoms with van der Waals surface area (Å²) in [5.41, 5.74) is 2.72. The first-order valence-corrected chi connectivity index (χ1v) is 8.40. The molecule has 8 nitrogen and oxygen atoms in total. The third-order valence-corrected chi connectivity index (χ3v) is 4.34. The van der Waals surface area contributed by atoms with Crippen LogP contribution in [0.15, 0.2) is 71.7 Å². The van der Waals surface area contributed by atoms with E-state index in [2.05, 4.69) is 10.1 Å². The Hall–Kier alpha value is -3.68. The fraction of sp³-hybridized carbons (Fsp3) is 0.158. The van der Waals surface area contributed by atoms with Crippen LogP contribution >= 0.6 is 0 Å². The average molecular weight is 363 g/mol. The van der Waals surface area contributed by atoms with E-state index in [4.69, 9.17) is 4.94 Å². The predicted molar refractivity (Wildman–Crippen MR) is 101 cm³/mol. The number of aromatic nitrogens is 1. The van der Waals surface area contributed by atoms with Gasteiger partial charge >= 0.3 is 0 Å². The lowest BCUT2D eigenvalue weighted by atomic mass is 10.1. The number of oxime groups is 1. The normalized spacial score (nSPS) is 18.4. The molecule has 2 aromatic rings. The van der Waals surface area contributed by atoms with E-state index in [1.54, 1.807) is 23.4 Å². The molecule has 4 rings (SSSR count). The molecule has 0 amide bonds. The molecule has 0 spiro atoms. The molecule has 1 aromatic heterocycles. The fourth-order valence-corrected chi connectivity index (χ4v) is 2.99. The Morgan fingerprint density at radius 1 is 1.22 bits per heavy atom. The van der Waals surface area contributed by atoms with Crippen LogP contribution in [0.1, 0.15) is 18.1 Å². The Labute approximate surface area is 155 Å². The number of pyridine rings is 1. The van der Waals surface area contributed by atoms with E-state index in [0.29, 0.717) is 17.2 Å². The standard InChI is InChI=1S/C19H17N5O3/c1-13-6-8-20-17(10-13)23-18-11-14(2)7-9-22(18)19(21-27-23)15-4-3-5-16(12-15)24(25)26/h3-12,18H,1-2H3. The number of non-ortho nitro benzene ring substituents is 1. The molecule has 0 saturated heterocycles. The highest BCUT2D eigenvalue weighted by molar-refractivity contribution is 6.00. The summed E-state index contributed by atoms with van der Waals surface area (Å²) in [5.74, 6) is 1.12. The predicted octanol–water partition coefficient (Wildman–Crippen LogP) is 3.51. The van der Waals surface area contributed by atoms with Crippen LogP contribution in [0.4, 0.5) is 11.5 Å². The summed E-state index contributed by atoms with van der Waals surface area (Å²) in [4.78, 5) is 22.6. The topological polar surface area (TPSA) is 84.1 Å². The number of hydroxylamine groups is 1. The molecule has 0 aliphatic carbocycles. The Morgan fingerprint density at radius 2 is 2.07 bits per heavy atom. The van der Waals surface area contributed by atoms with E-state index in [1.165, 1.54) is 12.1 Å². The van der Waals surface area contributed by atoms with Crippen LogP contribution in [0, 0.1) is 17.0 Å². The molecule has 136 valence electrons. The van der Waals surface area contributed by atoms with Crippen molar-refractivity contribution in [1.82, 2.24) is 9.88 Å². The van der Waals surface area contributed by atoms with Crippen LogP contribution in [0.2, 0.25) is 0 Å². The molecule has 0 fully saturated rings. The monoisotopic (exact) mass is 363 g/mol. The van der Waals surface area contributed by atoms with Crippen LogP contribution < -0.4 is 5.06 Å².